The lowest BCUT2D eigenvalue weighted by atomic mass is 9.18. The van der Waals surface area contributed by atoms with Crippen LogP contribution in [0.3, 0.4) is 0 Å². The largest absolute Gasteiger partial charge is 0.464 e. The third-order valence-electron chi connectivity index (χ3n) is 7.07. The fraction of sp³-hybridized carbons (Fsp3) is 0.944. The van der Waals surface area contributed by atoms with Crippen LogP contribution >= 0.6 is 0 Å². The molecule has 5 heteroatoms. The van der Waals surface area contributed by atoms with Crippen LogP contribution in [0.15, 0.2) is 0 Å². The van der Waals surface area contributed by atoms with Gasteiger partial charge < -0.3 is 14.0 Å². The summed E-state index contributed by atoms with van der Waals surface area (Å²) in [5.41, 5.74) is -0.839. The van der Waals surface area contributed by atoms with Crippen LogP contribution in [0.25, 0.3) is 0 Å². The molecular formula is C18H29BO4. The van der Waals surface area contributed by atoms with Gasteiger partial charge in [-0.3, -0.25) is 4.79 Å². The standard InChI is InChI=1S/C18H29BO4/c1-11(2)21-14(20)17-9-18(10-17,13(17)12-7-8-12)19-22-15(3,4)16(5,6)23-19/h11-13H,7-10H2,1-6H3/t13-,17?,18?/m0/s1. The Balaban J connectivity index is 1.55. The monoisotopic (exact) mass is 320 g/mol. The first-order chi connectivity index (χ1) is 10.5. The molecule has 1 heterocycles. The zero-order chi connectivity index (χ0) is 16.8. The summed E-state index contributed by atoms with van der Waals surface area (Å²) in [7, 11) is -0.174. The highest BCUT2D eigenvalue weighted by Crippen LogP contribution is 2.88. The molecule has 5 rings (SSSR count). The van der Waals surface area contributed by atoms with Crippen LogP contribution in [0.2, 0.25) is 5.31 Å². The zero-order valence-electron chi connectivity index (χ0n) is 15.3. The second kappa shape index (κ2) is 4.34. The van der Waals surface area contributed by atoms with Crippen LogP contribution < -0.4 is 0 Å². The molecule has 0 radical (unpaired) electrons. The summed E-state index contributed by atoms with van der Waals surface area (Å²) in [5.74, 6) is 1.08. The Bertz CT molecular complexity index is 527. The highest BCUT2D eigenvalue weighted by molar-refractivity contribution is 6.51. The summed E-state index contributed by atoms with van der Waals surface area (Å²) >= 11 is 0. The van der Waals surface area contributed by atoms with Crippen molar-refractivity contribution in [2.24, 2.45) is 17.3 Å². The molecule has 1 aliphatic heterocycles. The molecule has 128 valence electrons. The van der Waals surface area contributed by atoms with Crippen molar-refractivity contribution in [3.63, 3.8) is 0 Å². The molecule has 4 nitrogen and oxygen atoms in total. The second-order valence-corrected chi connectivity index (χ2v) is 9.60. The maximum Gasteiger partial charge on any atom is 0.464 e. The van der Waals surface area contributed by atoms with Crippen LogP contribution in [0.4, 0.5) is 0 Å². The molecule has 0 aromatic carbocycles. The van der Waals surface area contributed by atoms with Gasteiger partial charge in [-0.25, -0.2) is 0 Å². The lowest BCUT2D eigenvalue weighted by molar-refractivity contribution is -0.229. The van der Waals surface area contributed by atoms with Crippen LogP contribution in [-0.4, -0.2) is 30.4 Å². The number of rotatable bonds is 4. The third-order valence-corrected chi connectivity index (χ3v) is 7.07. The van der Waals surface area contributed by atoms with Crippen molar-refractivity contribution in [1.82, 2.24) is 0 Å². The Morgan fingerprint density at radius 1 is 1.09 bits per heavy atom. The minimum Gasteiger partial charge on any atom is -0.463 e. The molecule has 2 bridgehead atoms. The van der Waals surface area contributed by atoms with E-state index in [0.29, 0.717) is 11.8 Å². The van der Waals surface area contributed by atoms with E-state index in [0.717, 1.165) is 12.8 Å². The van der Waals surface area contributed by atoms with E-state index in [1.807, 2.05) is 13.8 Å². The van der Waals surface area contributed by atoms with Crippen LogP contribution in [0.1, 0.15) is 67.2 Å². The number of hydrogen-bond acceptors (Lipinski definition) is 4. The fourth-order valence-corrected chi connectivity index (χ4v) is 5.19. The Morgan fingerprint density at radius 2 is 1.61 bits per heavy atom. The Morgan fingerprint density at radius 3 is 2.04 bits per heavy atom. The van der Waals surface area contributed by atoms with Gasteiger partial charge in [-0.05, 0) is 79.1 Å². The first kappa shape index (κ1) is 16.0. The normalized spacial score (nSPS) is 43.1. The molecule has 0 N–H and O–H groups in total. The highest BCUT2D eigenvalue weighted by atomic mass is 16.7. The smallest absolute Gasteiger partial charge is 0.463 e. The lowest BCUT2D eigenvalue weighted by Crippen LogP contribution is -2.75. The van der Waals surface area contributed by atoms with E-state index < -0.39 is 0 Å². The summed E-state index contributed by atoms with van der Waals surface area (Å²) in [4.78, 5) is 12.6. The van der Waals surface area contributed by atoms with Crippen LogP contribution in [0, 0.1) is 17.3 Å². The van der Waals surface area contributed by atoms with Crippen LogP contribution in [-0.2, 0) is 18.8 Å². The number of esters is 1. The molecule has 0 amide bonds. The molecule has 23 heavy (non-hydrogen) atoms. The van der Waals surface area contributed by atoms with E-state index in [2.05, 4.69) is 27.7 Å². The molecule has 0 unspecified atom stereocenters. The fourth-order valence-electron chi connectivity index (χ4n) is 5.19. The molecular weight excluding hydrogens is 291 g/mol. The van der Waals surface area contributed by atoms with Gasteiger partial charge in [0.1, 0.15) is 0 Å². The first-order valence-corrected chi connectivity index (χ1v) is 9.11. The van der Waals surface area contributed by atoms with E-state index in [4.69, 9.17) is 14.0 Å². The summed E-state index contributed by atoms with van der Waals surface area (Å²) in [6.45, 7) is 12.3. The molecule has 1 atom stereocenters. The Labute approximate surface area is 139 Å². The zero-order valence-corrected chi connectivity index (χ0v) is 15.3. The van der Waals surface area contributed by atoms with Gasteiger partial charge in [0.25, 0.3) is 0 Å². The van der Waals surface area contributed by atoms with Gasteiger partial charge in [0, 0.05) is 5.31 Å². The molecule has 4 saturated carbocycles. The molecule has 4 aliphatic carbocycles. The molecule has 5 fully saturated rings. The van der Waals surface area contributed by atoms with Gasteiger partial charge in [0.05, 0.1) is 22.7 Å². The van der Waals surface area contributed by atoms with Crippen molar-refractivity contribution < 1.29 is 18.8 Å². The highest BCUT2D eigenvalue weighted by Gasteiger charge is 2.87. The average Bonchev–Trinajstić information content (AvgIpc) is 3.03. The van der Waals surface area contributed by atoms with Crippen molar-refractivity contribution in [2.45, 2.75) is 89.8 Å². The van der Waals surface area contributed by atoms with Gasteiger partial charge in [-0.1, -0.05) is 0 Å². The van der Waals surface area contributed by atoms with E-state index in [1.54, 1.807) is 0 Å². The number of carbonyl (C=O) groups excluding carboxylic acids is 1. The number of hydrogen-bond donors (Lipinski definition) is 0. The third kappa shape index (κ3) is 1.90. The number of carbonyl (C=O) groups is 1. The topological polar surface area (TPSA) is 44.8 Å². The summed E-state index contributed by atoms with van der Waals surface area (Å²) in [6.07, 6.45) is 4.20. The summed E-state index contributed by atoms with van der Waals surface area (Å²) in [6, 6.07) is 0. The van der Waals surface area contributed by atoms with Crippen LogP contribution in [0.5, 0.6) is 0 Å². The lowest BCUT2D eigenvalue weighted by Gasteiger charge is -2.75. The summed E-state index contributed by atoms with van der Waals surface area (Å²) < 4.78 is 18.3. The average molecular weight is 320 g/mol. The quantitative estimate of drug-likeness (QED) is 0.586. The number of ether oxygens (including phenoxy) is 1. The minimum absolute atomic E-state index is 0.0165. The van der Waals surface area contributed by atoms with Crippen molar-refractivity contribution in [3.05, 3.63) is 0 Å². The van der Waals surface area contributed by atoms with E-state index in [1.165, 1.54) is 12.8 Å². The van der Waals surface area contributed by atoms with Crippen molar-refractivity contribution in [3.8, 4) is 0 Å². The molecule has 5 aliphatic rings. The SMILES string of the molecule is CC(C)OC(=O)C12CC(B3OC(C)(C)C(C)(C)O3)(C1)[C@H]2C1CC1. The van der Waals surface area contributed by atoms with Crippen molar-refractivity contribution in [2.75, 3.05) is 0 Å². The molecule has 0 aromatic heterocycles. The van der Waals surface area contributed by atoms with Gasteiger partial charge in [0.2, 0.25) is 0 Å². The van der Waals surface area contributed by atoms with E-state index in [-0.39, 0.29) is 41.1 Å². The first-order valence-electron chi connectivity index (χ1n) is 9.11. The maximum absolute atomic E-state index is 12.6. The second-order valence-electron chi connectivity index (χ2n) is 9.60. The molecule has 0 spiro atoms. The molecule has 0 aromatic rings. The van der Waals surface area contributed by atoms with Gasteiger partial charge >= 0.3 is 13.1 Å². The van der Waals surface area contributed by atoms with Crippen molar-refractivity contribution >= 4 is 13.1 Å². The maximum atomic E-state index is 12.6. The Kier molecular flexibility index (Phi) is 3.01. The van der Waals surface area contributed by atoms with Gasteiger partial charge in [-0.15, -0.1) is 0 Å². The van der Waals surface area contributed by atoms with E-state index >= 15 is 0 Å². The molecule has 1 saturated heterocycles. The van der Waals surface area contributed by atoms with Gasteiger partial charge in [-0.2, -0.15) is 0 Å². The Hall–Kier alpha value is -0.545. The predicted molar refractivity (Wildman–Crippen MR) is 87.9 cm³/mol. The van der Waals surface area contributed by atoms with E-state index in [9.17, 15) is 4.79 Å². The predicted octanol–water partition coefficient (Wildman–Crippen LogP) is 3.59. The van der Waals surface area contributed by atoms with Crippen molar-refractivity contribution in [1.29, 1.82) is 0 Å². The minimum atomic E-state index is -0.299. The summed E-state index contributed by atoms with van der Waals surface area (Å²) in [5, 5.41) is 0.0439. The van der Waals surface area contributed by atoms with Gasteiger partial charge in [0.15, 0.2) is 0 Å².